The summed E-state index contributed by atoms with van der Waals surface area (Å²) >= 11 is 2.97. The lowest BCUT2D eigenvalue weighted by atomic mass is 10.1. The van der Waals surface area contributed by atoms with Crippen LogP contribution >= 0.6 is 15.9 Å². The second-order valence-electron chi connectivity index (χ2n) is 3.12. The molecule has 2 rings (SSSR count). The normalized spacial score (nSPS) is 10.4. The number of aromatic hydroxyl groups is 1. The van der Waals surface area contributed by atoms with E-state index in [9.17, 15) is 8.78 Å². The molecule has 1 N–H and O–H groups in total. The fourth-order valence-corrected chi connectivity index (χ4v) is 1.63. The molecule has 1 aromatic carbocycles. The minimum Gasteiger partial charge on any atom is -0.506 e. The predicted octanol–water partition coefficient (Wildman–Crippen LogP) is 3.49. The van der Waals surface area contributed by atoms with Gasteiger partial charge in [-0.15, -0.1) is 0 Å². The Balaban J connectivity index is 2.63. The van der Waals surface area contributed by atoms with E-state index in [4.69, 9.17) is 5.11 Å². The maximum Gasteiger partial charge on any atom is 0.149 e. The summed E-state index contributed by atoms with van der Waals surface area (Å²) in [6, 6.07) is 5.11. The Morgan fingerprint density at radius 1 is 1.12 bits per heavy atom. The number of halogens is 3. The molecule has 82 valence electrons. The highest BCUT2D eigenvalue weighted by Gasteiger charge is 2.15. The summed E-state index contributed by atoms with van der Waals surface area (Å²) in [5.41, 5.74) is -0.0801. The molecule has 0 aliphatic heterocycles. The summed E-state index contributed by atoms with van der Waals surface area (Å²) in [5, 5.41) is 9.04. The maximum atomic E-state index is 13.7. The SMILES string of the molecule is Oc1ccc(-c2c(F)ccc(Br)c2F)nc1. The van der Waals surface area contributed by atoms with Crippen LogP contribution in [0.3, 0.4) is 0 Å². The van der Waals surface area contributed by atoms with Gasteiger partial charge in [0.25, 0.3) is 0 Å². The Bertz CT molecular complexity index is 528. The zero-order valence-corrected chi connectivity index (χ0v) is 9.50. The van der Waals surface area contributed by atoms with E-state index in [0.29, 0.717) is 0 Å². The minimum absolute atomic E-state index is 0.0560. The Hall–Kier alpha value is -1.49. The molecule has 0 saturated carbocycles. The van der Waals surface area contributed by atoms with Crippen LogP contribution in [0.4, 0.5) is 8.78 Å². The summed E-state index contributed by atoms with van der Waals surface area (Å²) in [4.78, 5) is 3.76. The van der Waals surface area contributed by atoms with Crippen LogP contribution in [0.1, 0.15) is 0 Å². The molecular weight excluding hydrogens is 280 g/mol. The standard InChI is InChI=1S/C11H6BrF2NO/c12-7-2-3-8(13)10(11(7)14)9-4-1-6(16)5-15-9/h1-5,16H. The van der Waals surface area contributed by atoms with E-state index >= 15 is 0 Å². The number of hydrogen-bond donors (Lipinski definition) is 1. The smallest absolute Gasteiger partial charge is 0.149 e. The Morgan fingerprint density at radius 2 is 1.88 bits per heavy atom. The topological polar surface area (TPSA) is 33.1 Å². The van der Waals surface area contributed by atoms with Gasteiger partial charge in [0.1, 0.15) is 17.4 Å². The summed E-state index contributed by atoms with van der Waals surface area (Å²) < 4.78 is 27.3. The molecule has 1 heterocycles. The zero-order valence-electron chi connectivity index (χ0n) is 7.92. The highest BCUT2D eigenvalue weighted by molar-refractivity contribution is 9.10. The second kappa shape index (κ2) is 4.17. The van der Waals surface area contributed by atoms with Crippen LogP contribution in [-0.4, -0.2) is 10.1 Å². The molecule has 0 saturated heterocycles. The average molecular weight is 286 g/mol. The van der Waals surface area contributed by atoms with Crippen molar-refractivity contribution in [2.75, 3.05) is 0 Å². The van der Waals surface area contributed by atoms with Gasteiger partial charge in [0, 0.05) is 0 Å². The molecule has 0 aliphatic rings. The van der Waals surface area contributed by atoms with Gasteiger partial charge in [-0.2, -0.15) is 0 Å². The van der Waals surface area contributed by atoms with Gasteiger partial charge in [0.15, 0.2) is 0 Å². The third-order valence-corrected chi connectivity index (χ3v) is 2.66. The molecule has 5 heteroatoms. The van der Waals surface area contributed by atoms with Gasteiger partial charge in [0.2, 0.25) is 0 Å². The second-order valence-corrected chi connectivity index (χ2v) is 3.97. The molecule has 0 unspecified atom stereocenters. The molecule has 0 atom stereocenters. The summed E-state index contributed by atoms with van der Waals surface area (Å²) in [6.45, 7) is 0. The summed E-state index contributed by atoms with van der Waals surface area (Å²) in [5.74, 6) is -1.46. The number of hydrogen-bond acceptors (Lipinski definition) is 2. The molecule has 2 nitrogen and oxygen atoms in total. The first kappa shape index (κ1) is 11.0. The van der Waals surface area contributed by atoms with E-state index in [2.05, 4.69) is 20.9 Å². The zero-order chi connectivity index (χ0) is 11.7. The number of nitrogens with zero attached hydrogens (tertiary/aromatic N) is 1. The van der Waals surface area contributed by atoms with Gasteiger partial charge in [-0.05, 0) is 40.2 Å². The van der Waals surface area contributed by atoms with Crippen LogP contribution in [0.2, 0.25) is 0 Å². The first-order valence-electron chi connectivity index (χ1n) is 4.38. The quantitative estimate of drug-likeness (QED) is 0.814. The number of pyridine rings is 1. The molecule has 16 heavy (non-hydrogen) atoms. The predicted molar refractivity (Wildman–Crippen MR) is 59.0 cm³/mol. The van der Waals surface area contributed by atoms with E-state index in [1.54, 1.807) is 0 Å². The van der Waals surface area contributed by atoms with Gasteiger partial charge in [-0.25, -0.2) is 8.78 Å². The van der Waals surface area contributed by atoms with Crippen LogP contribution in [0, 0.1) is 11.6 Å². The minimum atomic E-state index is -0.710. The lowest BCUT2D eigenvalue weighted by Crippen LogP contribution is -1.93. The molecule has 0 radical (unpaired) electrons. The van der Waals surface area contributed by atoms with Crippen molar-refractivity contribution in [1.82, 2.24) is 4.98 Å². The highest BCUT2D eigenvalue weighted by atomic mass is 79.9. The van der Waals surface area contributed by atoms with E-state index in [1.807, 2.05) is 0 Å². The van der Waals surface area contributed by atoms with Crippen molar-refractivity contribution in [3.8, 4) is 17.0 Å². The van der Waals surface area contributed by atoms with Crippen molar-refractivity contribution in [3.63, 3.8) is 0 Å². The van der Waals surface area contributed by atoms with Gasteiger partial charge >= 0.3 is 0 Å². The molecule has 0 fully saturated rings. The van der Waals surface area contributed by atoms with Crippen LogP contribution in [0.25, 0.3) is 11.3 Å². The van der Waals surface area contributed by atoms with Crippen LogP contribution in [0.15, 0.2) is 34.9 Å². The van der Waals surface area contributed by atoms with Crippen molar-refractivity contribution in [2.45, 2.75) is 0 Å². The molecule has 1 aromatic heterocycles. The molecular formula is C11H6BrF2NO. The first-order chi connectivity index (χ1) is 7.59. The molecule has 0 bridgehead atoms. The fourth-order valence-electron chi connectivity index (χ4n) is 1.30. The van der Waals surface area contributed by atoms with E-state index in [-0.39, 0.29) is 21.5 Å². The van der Waals surface area contributed by atoms with Gasteiger partial charge < -0.3 is 5.11 Å². The number of rotatable bonds is 1. The van der Waals surface area contributed by atoms with Crippen LogP contribution < -0.4 is 0 Å². The van der Waals surface area contributed by atoms with E-state index in [1.165, 1.54) is 18.2 Å². The summed E-state index contributed by atoms with van der Waals surface area (Å²) in [6.07, 6.45) is 1.13. The molecule has 0 amide bonds. The van der Waals surface area contributed by atoms with Gasteiger partial charge in [0.05, 0.1) is 21.9 Å². The van der Waals surface area contributed by atoms with Crippen molar-refractivity contribution in [2.24, 2.45) is 0 Å². The first-order valence-corrected chi connectivity index (χ1v) is 5.18. The number of benzene rings is 1. The van der Waals surface area contributed by atoms with E-state index < -0.39 is 11.6 Å². The lowest BCUT2D eigenvalue weighted by Gasteiger charge is -2.05. The molecule has 0 spiro atoms. The van der Waals surface area contributed by atoms with Crippen molar-refractivity contribution < 1.29 is 13.9 Å². The Labute approximate surface area is 98.7 Å². The van der Waals surface area contributed by atoms with Crippen LogP contribution in [0.5, 0.6) is 5.75 Å². The monoisotopic (exact) mass is 285 g/mol. The van der Waals surface area contributed by atoms with Crippen molar-refractivity contribution in [3.05, 3.63) is 46.6 Å². The lowest BCUT2D eigenvalue weighted by molar-refractivity contribution is 0.472. The largest absolute Gasteiger partial charge is 0.506 e. The molecule has 2 aromatic rings. The van der Waals surface area contributed by atoms with Gasteiger partial charge in [-0.3, -0.25) is 4.98 Å². The van der Waals surface area contributed by atoms with E-state index in [0.717, 1.165) is 12.3 Å². The van der Waals surface area contributed by atoms with Crippen molar-refractivity contribution in [1.29, 1.82) is 0 Å². The third-order valence-electron chi connectivity index (χ3n) is 2.05. The molecule has 0 aliphatic carbocycles. The number of aromatic nitrogens is 1. The van der Waals surface area contributed by atoms with Crippen LogP contribution in [-0.2, 0) is 0 Å². The average Bonchev–Trinajstić information content (AvgIpc) is 2.27. The van der Waals surface area contributed by atoms with Crippen molar-refractivity contribution >= 4 is 15.9 Å². The maximum absolute atomic E-state index is 13.7. The van der Waals surface area contributed by atoms with Gasteiger partial charge in [-0.1, -0.05) is 0 Å². The third kappa shape index (κ3) is 1.90. The fraction of sp³-hybridized carbons (Fsp3) is 0. The highest BCUT2D eigenvalue weighted by Crippen LogP contribution is 2.29. The Kier molecular flexibility index (Phi) is 2.87. The summed E-state index contributed by atoms with van der Waals surface area (Å²) in [7, 11) is 0. The Morgan fingerprint density at radius 3 is 2.50 bits per heavy atom.